The Morgan fingerprint density at radius 1 is 1.05 bits per heavy atom. The van der Waals surface area contributed by atoms with E-state index in [1.54, 1.807) is 7.11 Å². The highest BCUT2D eigenvalue weighted by atomic mass is 32.2. The van der Waals surface area contributed by atoms with Crippen molar-refractivity contribution in [1.82, 2.24) is 9.21 Å². The van der Waals surface area contributed by atoms with Gasteiger partial charge in [-0.2, -0.15) is 0 Å². The van der Waals surface area contributed by atoms with E-state index in [0.29, 0.717) is 38.1 Å². The van der Waals surface area contributed by atoms with Gasteiger partial charge in [0.1, 0.15) is 5.75 Å². The zero-order valence-corrected chi connectivity index (χ0v) is 23.4. The number of aliphatic hydroxyl groups excluding tert-OH is 1. The molecule has 9 heteroatoms. The minimum Gasteiger partial charge on any atom is -0.497 e. The molecule has 0 saturated heterocycles. The molecule has 3 N–H and O–H groups in total. The molecule has 2 unspecified atom stereocenters. The number of rotatable bonds is 16. The zero-order valence-electron chi connectivity index (χ0n) is 22.6. The van der Waals surface area contributed by atoms with Crippen LogP contribution in [0.5, 0.6) is 5.75 Å². The summed E-state index contributed by atoms with van der Waals surface area (Å²) in [4.78, 5) is 14.8. The van der Waals surface area contributed by atoms with E-state index in [1.165, 1.54) is 9.21 Å². The Kier molecular flexibility index (Phi) is 12.5. The van der Waals surface area contributed by atoms with Crippen molar-refractivity contribution in [3.8, 4) is 5.75 Å². The minimum absolute atomic E-state index is 0.00327. The minimum atomic E-state index is -3.57. The number of ether oxygens (including phenoxy) is 1. The highest BCUT2D eigenvalue weighted by Crippen LogP contribution is 2.17. The summed E-state index contributed by atoms with van der Waals surface area (Å²) in [5.74, 6) is 0.0337. The third-order valence-corrected chi connectivity index (χ3v) is 8.10. The number of aryl methyl sites for hydroxylation is 1. The second-order valence-electron chi connectivity index (χ2n) is 9.52. The van der Waals surface area contributed by atoms with Crippen molar-refractivity contribution in [2.45, 2.75) is 65.1 Å². The molecule has 2 rings (SSSR count). The van der Waals surface area contributed by atoms with Gasteiger partial charge in [0.25, 0.3) is 0 Å². The molecule has 37 heavy (non-hydrogen) atoms. The number of amides is 1. The van der Waals surface area contributed by atoms with Gasteiger partial charge >= 0.3 is 0 Å². The molecule has 0 heterocycles. The third kappa shape index (κ3) is 10.1. The molecule has 0 bridgehead atoms. The molecule has 2 aromatic carbocycles. The van der Waals surface area contributed by atoms with E-state index in [1.807, 2.05) is 69.3 Å². The van der Waals surface area contributed by atoms with Crippen LogP contribution in [0.4, 0.5) is 0 Å². The van der Waals surface area contributed by atoms with Crippen LogP contribution in [0.15, 0.2) is 48.5 Å². The summed E-state index contributed by atoms with van der Waals surface area (Å²) in [6.07, 6.45) is 0.723. The number of methoxy groups -OCH3 is 1. The molecule has 0 aliphatic rings. The van der Waals surface area contributed by atoms with Gasteiger partial charge in [0.15, 0.2) is 0 Å². The van der Waals surface area contributed by atoms with Gasteiger partial charge in [-0.05, 0) is 49.4 Å². The fraction of sp³-hybridized carbons (Fsp3) is 0.536. The smallest absolute Gasteiger partial charge is 0.224 e. The molecular weight excluding hydrogens is 490 g/mol. The first-order valence-electron chi connectivity index (χ1n) is 13.0. The third-order valence-electron chi connectivity index (χ3n) is 6.23. The van der Waals surface area contributed by atoms with Gasteiger partial charge in [-0.1, -0.05) is 55.8 Å². The molecule has 0 fully saturated rings. The molecular formula is C28H43N3O5S. The predicted octanol–water partition coefficient (Wildman–Crippen LogP) is 3.11. The van der Waals surface area contributed by atoms with E-state index < -0.39 is 22.2 Å². The molecule has 206 valence electrons. The number of carbonyl (C=O) groups excluding carboxylic acids is 1. The number of nitrogens with two attached hydrogens (primary N) is 1. The molecule has 0 aliphatic carbocycles. The second-order valence-corrected chi connectivity index (χ2v) is 11.6. The Balaban J connectivity index is 2.16. The lowest BCUT2D eigenvalue weighted by Gasteiger charge is -2.29. The highest BCUT2D eigenvalue weighted by Gasteiger charge is 2.26. The SMILES string of the molecule is CCCN(CCC)S(=O)(=O)CCC(=O)N(Cc1cccc(OC)c1)CC(O)C(N)Cc1cccc(C)c1. The van der Waals surface area contributed by atoms with Crippen molar-refractivity contribution < 1.29 is 23.1 Å². The van der Waals surface area contributed by atoms with Crippen LogP contribution in [0.25, 0.3) is 0 Å². The maximum absolute atomic E-state index is 13.3. The van der Waals surface area contributed by atoms with Crippen LogP contribution in [0, 0.1) is 6.92 Å². The van der Waals surface area contributed by atoms with Gasteiger partial charge in [0.05, 0.1) is 19.0 Å². The highest BCUT2D eigenvalue weighted by molar-refractivity contribution is 7.89. The molecule has 8 nitrogen and oxygen atoms in total. The summed E-state index contributed by atoms with van der Waals surface area (Å²) in [6.45, 7) is 6.93. The quantitative estimate of drug-likeness (QED) is 0.343. The van der Waals surface area contributed by atoms with E-state index in [0.717, 1.165) is 16.7 Å². The monoisotopic (exact) mass is 533 g/mol. The first kappa shape index (κ1) is 30.8. The average Bonchev–Trinajstić information content (AvgIpc) is 2.86. The van der Waals surface area contributed by atoms with Crippen LogP contribution >= 0.6 is 0 Å². The Bertz CT molecular complexity index is 1090. The lowest BCUT2D eigenvalue weighted by atomic mass is 10.00. The molecule has 0 saturated carbocycles. The predicted molar refractivity (Wildman–Crippen MR) is 148 cm³/mol. The fourth-order valence-electron chi connectivity index (χ4n) is 4.25. The van der Waals surface area contributed by atoms with Crippen LogP contribution in [0.3, 0.4) is 0 Å². The van der Waals surface area contributed by atoms with Gasteiger partial charge in [0, 0.05) is 38.6 Å². The molecule has 0 radical (unpaired) electrons. The van der Waals surface area contributed by atoms with Crippen molar-refractivity contribution in [1.29, 1.82) is 0 Å². The largest absolute Gasteiger partial charge is 0.497 e. The van der Waals surface area contributed by atoms with Gasteiger partial charge in [-0.15, -0.1) is 0 Å². The number of carbonyl (C=O) groups is 1. The Morgan fingerprint density at radius 3 is 2.32 bits per heavy atom. The first-order chi connectivity index (χ1) is 17.6. The van der Waals surface area contributed by atoms with Crippen LogP contribution < -0.4 is 10.5 Å². The van der Waals surface area contributed by atoms with E-state index in [9.17, 15) is 18.3 Å². The number of sulfonamides is 1. The van der Waals surface area contributed by atoms with E-state index in [2.05, 4.69) is 0 Å². The summed E-state index contributed by atoms with van der Waals surface area (Å²) in [5.41, 5.74) is 9.26. The molecule has 0 aromatic heterocycles. The Morgan fingerprint density at radius 2 is 1.70 bits per heavy atom. The van der Waals surface area contributed by atoms with Gasteiger partial charge < -0.3 is 20.5 Å². The van der Waals surface area contributed by atoms with Crippen LogP contribution in [-0.2, 0) is 27.8 Å². The fourth-order valence-corrected chi connectivity index (χ4v) is 5.86. The summed E-state index contributed by atoms with van der Waals surface area (Å²) in [5, 5.41) is 10.9. The van der Waals surface area contributed by atoms with Crippen LogP contribution in [0.1, 0.15) is 49.8 Å². The number of nitrogens with zero attached hydrogens (tertiary/aromatic N) is 2. The van der Waals surface area contributed by atoms with Gasteiger partial charge in [-0.25, -0.2) is 12.7 Å². The molecule has 0 aliphatic heterocycles. The standard InChI is InChI=1S/C28H43N3O5S/c1-5-14-31(15-6-2)37(34,35)16-13-28(33)30(20-24-11-8-12-25(18-24)36-4)21-27(32)26(29)19-23-10-7-9-22(3)17-23/h7-12,17-18,26-27,32H,5-6,13-16,19-21,29H2,1-4H3. The van der Waals surface area contributed by atoms with Crippen LogP contribution in [0.2, 0.25) is 0 Å². The molecule has 0 spiro atoms. The van der Waals surface area contributed by atoms with Gasteiger partial charge in [-0.3, -0.25) is 4.79 Å². The summed E-state index contributed by atoms with van der Waals surface area (Å²) < 4.78 is 32.6. The molecule has 2 aromatic rings. The van der Waals surface area contributed by atoms with Crippen molar-refractivity contribution >= 4 is 15.9 Å². The van der Waals surface area contributed by atoms with E-state index in [-0.39, 0.29) is 31.2 Å². The second kappa shape index (κ2) is 15.1. The lowest BCUT2D eigenvalue weighted by Crippen LogP contribution is -2.46. The number of benzene rings is 2. The molecule has 1 amide bonds. The first-order valence-corrected chi connectivity index (χ1v) is 14.6. The van der Waals surface area contributed by atoms with E-state index >= 15 is 0 Å². The normalized spacial score (nSPS) is 13.4. The summed E-state index contributed by atoms with van der Waals surface area (Å²) >= 11 is 0. The lowest BCUT2D eigenvalue weighted by molar-refractivity contribution is -0.133. The zero-order chi connectivity index (χ0) is 27.4. The van der Waals surface area contributed by atoms with Gasteiger partial charge in [0.2, 0.25) is 15.9 Å². The maximum Gasteiger partial charge on any atom is 0.224 e. The average molecular weight is 534 g/mol. The number of hydrogen-bond donors (Lipinski definition) is 2. The van der Waals surface area contributed by atoms with Crippen molar-refractivity contribution in [3.05, 3.63) is 65.2 Å². The number of hydrogen-bond acceptors (Lipinski definition) is 6. The topological polar surface area (TPSA) is 113 Å². The van der Waals surface area contributed by atoms with E-state index in [4.69, 9.17) is 10.5 Å². The Hall–Kier alpha value is -2.46. The molecule has 2 atom stereocenters. The Labute approximate surface area is 222 Å². The van der Waals surface area contributed by atoms with Crippen molar-refractivity contribution in [2.75, 3.05) is 32.5 Å². The van der Waals surface area contributed by atoms with Crippen molar-refractivity contribution in [2.24, 2.45) is 5.73 Å². The number of aliphatic hydroxyl groups is 1. The maximum atomic E-state index is 13.3. The summed E-state index contributed by atoms with van der Waals surface area (Å²) in [6, 6.07) is 14.7. The van der Waals surface area contributed by atoms with Crippen LogP contribution in [-0.4, -0.2) is 73.3 Å². The summed E-state index contributed by atoms with van der Waals surface area (Å²) in [7, 11) is -2.00. The van der Waals surface area contributed by atoms with Crippen molar-refractivity contribution in [3.63, 3.8) is 0 Å².